The van der Waals surface area contributed by atoms with E-state index in [4.69, 9.17) is 4.74 Å². The van der Waals surface area contributed by atoms with Gasteiger partial charge in [-0.05, 0) is 6.92 Å². The molecule has 0 aliphatic heterocycles. The first kappa shape index (κ1) is 15.5. The van der Waals surface area contributed by atoms with Gasteiger partial charge in [-0.1, -0.05) is 0 Å². The topological polar surface area (TPSA) is 117 Å². The number of rotatable bonds is 6. The van der Waals surface area contributed by atoms with Crippen LogP contribution in [-0.4, -0.2) is 37.5 Å². The largest absolute Gasteiger partial charge is 0.475 e. The summed E-state index contributed by atoms with van der Waals surface area (Å²) in [6, 6.07) is 0. The zero-order chi connectivity index (χ0) is 16.3. The van der Waals surface area contributed by atoms with Crippen molar-refractivity contribution in [2.75, 3.05) is 7.11 Å². The molecule has 2 heterocycles. The van der Waals surface area contributed by atoms with E-state index in [1.165, 1.54) is 11.8 Å². The summed E-state index contributed by atoms with van der Waals surface area (Å²) in [7, 11) is 3.08. The number of carbonyl (C=O) groups excluding carboxylic acids is 1. The van der Waals surface area contributed by atoms with Crippen LogP contribution in [0, 0.1) is 17.0 Å². The van der Waals surface area contributed by atoms with Gasteiger partial charge in [0.25, 0.3) is 0 Å². The molecule has 0 saturated carbocycles. The van der Waals surface area contributed by atoms with Gasteiger partial charge in [-0.3, -0.25) is 24.3 Å². The number of nitro groups is 1. The Morgan fingerprint density at radius 2 is 2.18 bits per heavy atom. The first-order valence-corrected chi connectivity index (χ1v) is 6.42. The SMILES string of the molecule is COc1nn(CC(=O)NCc2cn(C)nc2C)cc1[N+](=O)[O-]. The van der Waals surface area contributed by atoms with Gasteiger partial charge in [0.15, 0.2) is 0 Å². The molecule has 1 amide bonds. The van der Waals surface area contributed by atoms with E-state index in [0.717, 1.165) is 17.5 Å². The van der Waals surface area contributed by atoms with E-state index in [-0.39, 0.29) is 24.0 Å². The highest BCUT2D eigenvalue weighted by Crippen LogP contribution is 2.23. The maximum atomic E-state index is 11.9. The molecule has 0 spiro atoms. The molecule has 2 rings (SSSR count). The number of hydrogen-bond donors (Lipinski definition) is 1. The summed E-state index contributed by atoms with van der Waals surface area (Å²) in [5.41, 5.74) is 1.46. The highest BCUT2D eigenvalue weighted by Gasteiger charge is 2.21. The molecule has 0 saturated heterocycles. The summed E-state index contributed by atoms with van der Waals surface area (Å²) >= 11 is 0. The molecule has 1 N–H and O–H groups in total. The average Bonchev–Trinajstić information content (AvgIpc) is 2.99. The summed E-state index contributed by atoms with van der Waals surface area (Å²) in [6.45, 7) is 2.05. The summed E-state index contributed by atoms with van der Waals surface area (Å²) in [5.74, 6) is -0.441. The first-order chi connectivity index (χ1) is 10.4. The second-order valence-electron chi connectivity index (χ2n) is 4.67. The van der Waals surface area contributed by atoms with Crippen molar-refractivity contribution in [2.24, 2.45) is 7.05 Å². The third kappa shape index (κ3) is 3.40. The third-order valence-corrected chi connectivity index (χ3v) is 3.00. The van der Waals surface area contributed by atoms with Crippen LogP contribution in [0.3, 0.4) is 0 Å². The van der Waals surface area contributed by atoms with Crippen molar-refractivity contribution in [3.63, 3.8) is 0 Å². The van der Waals surface area contributed by atoms with Gasteiger partial charge < -0.3 is 10.1 Å². The molecule has 2 aromatic heterocycles. The minimum absolute atomic E-state index is 0.124. The molecule has 118 valence electrons. The van der Waals surface area contributed by atoms with Gasteiger partial charge in [-0.2, -0.15) is 5.10 Å². The molecule has 0 aliphatic rings. The van der Waals surface area contributed by atoms with Crippen molar-refractivity contribution >= 4 is 11.6 Å². The zero-order valence-corrected chi connectivity index (χ0v) is 12.4. The van der Waals surface area contributed by atoms with E-state index in [1.54, 1.807) is 11.7 Å². The Kier molecular flexibility index (Phi) is 4.39. The van der Waals surface area contributed by atoms with E-state index in [9.17, 15) is 14.9 Å². The van der Waals surface area contributed by atoms with Crippen LogP contribution in [0.5, 0.6) is 5.88 Å². The molecule has 0 radical (unpaired) electrons. The minimum Gasteiger partial charge on any atom is -0.475 e. The van der Waals surface area contributed by atoms with Crippen molar-refractivity contribution in [3.05, 3.63) is 33.8 Å². The number of carbonyl (C=O) groups is 1. The number of nitrogens with one attached hydrogen (secondary N) is 1. The smallest absolute Gasteiger partial charge is 0.350 e. The number of aryl methyl sites for hydroxylation is 2. The Morgan fingerprint density at radius 1 is 1.45 bits per heavy atom. The van der Waals surface area contributed by atoms with Crippen LogP contribution in [0.1, 0.15) is 11.3 Å². The lowest BCUT2D eigenvalue weighted by atomic mass is 10.2. The van der Waals surface area contributed by atoms with Gasteiger partial charge in [-0.25, -0.2) is 0 Å². The number of ether oxygens (including phenoxy) is 1. The van der Waals surface area contributed by atoms with E-state index in [2.05, 4.69) is 15.5 Å². The Hall–Kier alpha value is -2.91. The van der Waals surface area contributed by atoms with Crippen molar-refractivity contribution in [1.29, 1.82) is 0 Å². The van der Waals surface area contributed by atoms with Crippen LogP contribution in [0.4, 0.5) is 5.69 Å². The normalized spacial score (nSPS) is 10.5. The molecular weight excluding hydrogens is 292 g/mol. The summed E-state index contributed by atoms with van der Waals surface area (Å²) < 4.78 is 7.63. The lowest BCUT2D eigenvalue weighted by Gasteiger charge is -2.04. The highest BCUT2D eigenvalue weighted by molar-refractivity contribution is 5.75. The third-order valence-electron chi connectivity index (χ3n) is 3.00. The number of aromatic nitrogens is 4. The van der Waals surface area contributed by atoms with Gasteiger partial charge in [0.2, 0.25) is 5.91 Å². The molecule has 0 bridgehead atoms. The van der Waals surface area contributed by atoms with Crippen molar-refractivity contribution in [1.82, 2.24) is 24.9 Å². The zero-order valence-electron chi connectivity index (χ0n) is 12.4. The van der Waals surface area contributed by atoms with Crippen molar-refractivity contribution in [2.45, 2.75) is 20.0 Å². The van der Waals surface area contributed by atoms with Crippen LogP contribution in [0.15, 0.2) is 12.4 Å². The van der Waals surface area contributed by atoms with Crippen molar-refractivity contribution in [3.8, 4) is 5.88 Å². The molecule has 0 unspecified atom stereocenters. The quantitative estimate of drug-likeness (QED) is 0.600. The fraction of sp³-hybridized carbons (Fsp3) is 0.417. The Bertz CT molecular complexity index is 705. The van der Waals surface area contributed by atoms with Crippen LogP contribution in [0.2, 0.25) is 0 Å². The Labute approximate surface area is 125 Å². The molecule has 0 fully saturated rings. The van der Waals surface area contributed by atoms with E-state index in [0.29, 0.717) is 6.54 Å². The molecule has 10 heteroatoms. The van der Waals surface area contributed by atoms with E-state index in [1.807, 2.05) is 13.1 Å². The van der Waals surface area contributed by atoms with Gasteiger partial charge in [0.05, 0.1) is 17.7 Å². The number of methoxy groups -OCH3 is 1. The average molecular weight is 308 g/mol. The molecule has 0 aliphatic carbocycles. The summed E-state index contributed by atoms with van der Waals surface area (Å²) in [6.07, 6.45) is 2.98. The molecule has 10 nitrogen and oxygen atoms in total. The lowest BCUT2D eigenvalue weighted by molar-refractivity contribution is -0.385. The second-order valence-corrected chi connectivity index (χ2v) is 4.67. The fourth-order valence-corrected chi connectivity index (χ4v) is 1.96. The maximum absolute atomic E-state index is 11.9. The van der Waals surface area contributed by atoms with Crippen LogP contribution < -0.4 is 10.1 Å². The lowest BCUT2D eigenvalue weighted by Crippen LogP contribution is -2.27. The Balaban J connectivity index is 1.97. The number of nitrogens with zero attached hydrogens (tertiary/aromatic N) is 5. The standard InChI is InChI=1S/C12H16N6O4/c1-8-9(5-16(2)14-8)4-13-11(19)7-17-6-10(18(20)21)12(15-17)22-3/h5-6H,4,7H2,1-3H3,(H,13,19). The summed E-state index contributed by atoms with van der Waals surface area (Å²) in [5, 5.41) is 21.5. The van der Waals surface area contributed by atoms with E-state index < -0.39 is 4.92 Å². The highest BCUT2D eigenvalue weighted by atomic mass is 16.6. The second kappa shape index (κ2) is 6.24. The number of amides is 1. The van der Waals surface area contributed by atoms with Crippen LogP contribution in [0.25, 0.3) is 0 Å². The van der Waals surface area contributed by atoms with Crippen molar-refractivity contribution < 1.29 is 14.5 Å². The molecule has 22 heavy (non-hydrogen) atoms. The van der Waals surface area contributed by atoms with Gasteiger partial charge in [-0.15, -0.1) is 5.10 Å². The predicted octanol–water partition coefficient (Wildman–Crippen LogP) is 0.158. The number of hydrogen-bond acceptors (Lipinski definition) is 6. The molecule has 0 aromatic carbocycles. The van der Waals surface area contributed by atoms with E-state index >= 15 is 0 Å². The Morgan fingerprint density at radius 3 is 2.68 bits per heavy atom. The molecule has 0 atom stereocenters. The molecule has 2 aromatic rings. The van der Waals surface area contributed by atoms with Crippen LogP contribution in [-0.2, 0) is 24.9 Å². The molecular formula is C12H16N6O4. The first-order valence-electron chi connectivity index (χ1n) is 6.42. The maximum Gasteiger partial charge on any atom is 0.350 e. The fourth-order valence-electron chi connectivity index (χ4n) is 1.96. The van der Waals surface area contributed by atoms with Crippen LogP contribution >= 0.6 is 0 Å². The minimum atomic E-state index is -0.612. The predicted molar refractivity (Wildman–Crippen MR) is 75.2 cm³/mol. The van der Waals surface area contributed by atoms with Gasteiger partial charge in [0, 0.05) is 25.4 Å². The monoisotopic (exact) mass is 308 g/mol. The summed E-state index contributed by atoms with van der Waals surface area (Å²) in [4.78, 5) is 22.1. The van der Waals surface area contributed by atoms with Gasteiger partial charge in [0.1, 0.15) is 12.7 Å². The van der Waals surface area contributed by atoms with Gasteiger partial charge >= 0.3 is 11.6 Å².